The number of nitrogens with zero attached hydrogens (tertiary/aromatic N) is 1. The molecule has 6 heteroatoms. The summed E-state index contributed by atoms with van der Waals surface area (Å²) in [7, 11) is -0.964. The second kappa shape index (κ2) is 7.66. The van der Waals surface area contributed by atoms with E-state index >= 15 is 0 Å². The van der Waals surface area contributed by atoms with Gasteiger partial charge in [0.2, 0.25) is 0 Å². The summed E-state index contributed by atoms with van der Waals surface area (Å²) < 4.78 is 17.7. The number of aromatic nitrogens is 2. The molecule has 2 aromatic carbocycles. The summed E-state index contributed by atoms with van der Waals surface area (Å²) in [4.78, 5) is 8.69. The SMILES string of the molecule is CCOc1ccc2nc(SCC[S@@](=O)c3ccccc3)[nH]c2c1. The number of hydrogen-bond acceptors (Lipinski definition) is 4. The van der Waals surface area contributed by atoms with Gasteiger partial charge in [0.1, 0.15) is 5.75 Å². The molecule has 3 rings (SSSR count). The van der Waals surface area contributed by atoms with Crippen molar-refractivity contribution in [2.75, 3.05) is 18.1 Å². The second-order valence-electron chi connectivity index (χ2n) is 4.87. The number of aromatic amines is 1. The van der Waals surface area contributed by atoms with E-state index in [0.29, 0.717) is 12.4 Å². The fraction of sp³-hybridized carbons (Fsp3) is 0.235. The van der Waals surface area contributed by atoms with Gasteiger partial charge in [0, 0.05) is 22.5 Å². The molecule has 1 aromatic heterocycles. The summed E-state index contributed by atoms with van der Waals surface area (Å²) >= 11 is 1.59. The Bertz CT molecular complexity index is 803. The van der Waals surface area contributed by atoms with Gasteiger partial charge in [0.15, 0.2) is 5.16 Å². The van der Waals surface area contributed by atoms with Crippen molar-refractivity contribution in [1.29, 1.82) is 0 Å². The molecule has 4 nitrogen and oxygen atoms in total. The molecule has 120 valence electrons. The second-order valence-corrected chi connectivity index (χ2v) is 7.52. The third-order valence-electron chi connectivity index (χ3n) is 3.26. The number of fused-ring (bicyclic) bond motifs is 1. The average Bonchev–Trinajstić information content (AvgIpc) is 2.98. The zero-order chi connectivity index (χ0) is 16.1. The van der Waals surface area contributed by atoms with E-state index in [1.165, 1.54) is 0 Å². The van der Waals surface area contributed by atoms with E-state index in [0.717, 1.165) is 32.6 Å². The van der Waals surface area contributed by atoms with Crippen LogP contribution in [0.25, 0.3) is 11.0 Å². The number of thioether (sulfide) groups is 1. The summed E-state index contributed by atoms with van der Waals surface area (Å²) in [6.07, 6.45) is 0. The molecule has 0 bridgehead atoms. The maximum atomic E-state index is 12.2. The number of H-pyrrole nitrogens is 1. The van der Waals surface area contributed by atoms with E-state index in [4.69, 9.17) is 4.74 Å². The molecule has 0 unspecified atom stereocenters. The summed E-state index contributed by atoms with van der Waals surface area (Å²) in [6, 6.07) is 15.4. The fourth-order valence-corrected chi connectivity index (χ4v) is 4.37. The normalized spacial score (nSPS) is 12.4. The van der Waals surface area contributed by atoms with Gasteiger partial charge in [-0.15, -0.1) is 0 Å². The van der Waals surface area contributed by atoms with Crippen LogP contribution >= 0.6 is 11.8 Å². The van der Waals surface area contributed by atoms with Crippen LogP contribution in [0.1, 0.15) is 6.92 Å². The van der Waals surface area contributed by atoms with Crippen LogP contribution in [0.3, 0.4) is 0 Å². The molecule has 0 aliphatic carbocycles. The van der Waals surface area contributed by atoms with Crippen LogP contribution in [-0.2, 0) is 10.8 Å². The molecule has 0 saturated carbocycles. The Hall–Kier alpha value is -1.79. The highest BCUT2D eigenvalue weighted by Gasteiger charge is 2.07. The van der Waals surface area contributed by atoms with E-state index in [9.17, 15) is 4.21 Å². The van der Waals surface area contributed by atoms with Crippen molar-refractivity contribution in [3.63, 3.8) is 0 Å². The van der Waals surface area contributed by atoms with Crippen LogP contribution in [0.2, 0.25) is 0 Å². The largest absolute Gasteiger partial charge is 0.494 e. The third kappa shape index (κ3) is 4.14. The number of imidazole rings is 1. The number of ether oxygens (including phenoxy) is 1. The highest BCUT2D eigenvalue weighted by Crippen LogP contribution is 2.23. The van der Waals surface area contributed by atoms with Crippen molar-refractivity contribution in [2.24, 2.45) is 0 Å². The van der Waals surface area contributed by atoms with Crippen LogP contribution < -0.4 is 4.74 Å². The van der Waals surface area contributed by atoms with Crippen molar-refractivity contribution in [3.8, 4) is 5.75 Å². The van der Waals surface area contributed by atoms with E-state index in [1.807, 2.05) is 55.5 Å². The van der Waals surface area contributed by atoms with Gasteiger partial charge in [-0.3, -0.25) is 4.21 Å². The minimum atomic E-state index is -0.964. The van der Waals surface area contributed by atoms with Crippen molar-refractivity contribution >= 4 is 33.6 Å². The van der Waals surface area contributed by atoms with Crippen LogP contribution in [0.5, 0.6) is 5.75 Å². The number of rotatable bonds is 7. The Morgan fingerprint density at radius 2 is 2.04 bits per heavy atom. The Morgan fingerprint density at radius 1 is 1.22 bits per heavy atom. The van der Waals surface area contributed by atoms with Crippen LogP contribution in [-0.4, -0.2) is 32.3 Å². The molecule has 1 atom stereocenters. The molecular formula is C17H18N2O2S2. The molecule has 1 N–H and O–H groups in total. The van der Waals surface area contributed by atoms with Crippen molar-refractivity contribution in [2.45, 2.75) is 17.0 Å². The Kier molecular flexibility index (Phi) is 5.35. The zero-order valence-electron chi connectivity index (χ0n) is 12.8. The monoisotopic (exact) mass is 346 g/mol. The van der Waals surface area contributed by atoms with Gasteiger partial charge in [-0.25, -0.2) is 4.98 Å². The standard InChI is InChI=1S/C17H18N2O2S2/c1-2-21-13-8-9-15-16(12-13)19-17(18-15)22-10-11-23(20)14-6-4-3-5-7-14/h3-9,12H,2,10-11H2,1H3,(H,18,19)/t23-/m1/s1. The molecular weight excluding hydrogens is 328 g/mol. The highest BCUT2D eigenvalue weighted by molar-refractivity contribution is 8.00. The molecule has 3 aromatic rings. The van der Waals surface area contributed by atoms with E-state index < -0.39 is 10.8 Å². The summed E-state index contributed by atoms with van der Waals surface area (Å²) in [5.74, 6) is 2.20. The Balaban J connectivity index is 1.60. The highest BCUT2D eigenvalue weighted by atomic mass is 32.2. The number of benzene rings is 2. The molecule has 0 aliphatic rings. The van der Waals surface area contributed by atoms with Crippen molar-refractivity contribution < 1.29 is 8.95 Å². The minimum absolute atomic E-state index is 0.607. The minimum Gasteiger partial charge on any atom is -0.494 e. The van der Waals surface area contributed by atoms with Crippen molar-refractivity contribution in [1.82, 2.24) is 9.97 Å². The summed E-state index contributed by atoms with van der Waals surface area (Å²) in [5, 5.41) is 0.846. The predicted molar refractivity (Wildman–Crippen MR) is 95.7 cm³/mol. The molecule has 0 fully saturated rings. The van der Waals surface area contributed by atoms with Gasteiger partial charge >= 0.3 is 0 Å². The molecule has 0 aliphatic heterocycles. The topological polar surface area (TPSA) is 55.0 Å². The lowest BCUT2D eigenvalue weighted by Crippen LogP contribution is -2.00. The first-order chi connectivity index (χ1) is 11.3. The van der Waals surface area contributed by atoms with Crippen LogP contribution in [0.15, 0.2) is 58.6 Å². The summed E-state index contributed by atoms with van der Waals surface area (Å²) in [6.45, 7) is 2.61. The first-order valence-corrected chi connectivity index (χ1v) is 9.75. The number of hydrogen-bond donors (Lipinski definition) is 1. The van der Waals surface area contributed by atoms with Gasteiger partial charge in [-0.1, -0.05) is 30.0 Å². The molecule has 0 radical (unpaired) electrons. The molecule has 23 heavy (non-hydrogen) atoms. The van der Waals surface area contributed by atoms with Gasteiger partial charge in [-0.2, -0.15) is 0 Å². The third-order valence-corrected chi connectivity index (χ3v) is 5.76. The first-order valence-electron chi connectivity index (χ1n) is 7.45. The lowest BCUT2D eigenvalue weighted by atomic mass is 10.3. The zero-order valence-corrected chi connectivity index (χ0v) is 14.5. The molecule has 0 spiro atoms. The van der Waals surface area contributed by atoms with E-state index in [2.05, 4.69) is 9.97 Å². The maximum Gasteiger partial charge on any atom is 0.166 e. The Morgan fingerprint density at radius 3 is 2.83 bits per heavy atom. The van der Waals surface area contributed by atoms with Gasteiger partial charge in [-0.05, 0) is 31.2 Å². The molecule has 1 heterocycles. The van der Waals surface area contributed by atoms with Crippen LogP contribution in [0, 0.1) is 0 Å². The lowest BCUT2D eigenvalue weighted by molar-refractivity contribution is 0.340. The summed E-state index contributed by atoms with van der Waals surface area (Å²) in [5.41, 5.74) is 1.88. The maximum absolute atomic E-state index is 12.2. The molecule has 0 saturated heterocycles. The average molecular weight is 346 g/mol. The van der Waals surface area contributed by atoms with Gasteiger partial charge in [0.05, 0.1) is 28.4 Å². The van der Waals surface area contributed by atoms with Gasteiger partial charge < -0.3 is 9.72 Å². The van der Waals surface area contributed by atoms with Crippen LogP contribution in [0.4, 0.5) is 0 Å². The van der Waals surface area contributed by atoms with E-state index in [1.54, 1.807) is 11.8 Å². The van der Waals surface area contributed by atoms with Gasteiger partial charge in [0.25, 0.3) is 0 Å². The molecule has 0 amide bonds. The lowest BCUT2D eigenvalue weighted by Gasteiger charge is -2.01. The first kappa shape index (κ1) is 16.1. The quantitative estimate of drug-likeness (QED) is 0.660. The van der Waals surface area contributed by atoms with E-state index in [-0.39, 0.29) is 0 Å². The predicted octanol–water partition coefficient (Wildman–Crippen LogP) is 3.86. The Labute approximate surface area is 142 Å². The smallest absolute Gasteiger partial charge is 0.166 e. The van der Waals surface area contributed by atoms with Crippen molar-refractivity contribution in [3.05, 3.63) is 48.5 Å². The fourth-order valence-electron chi connectivity index (χ4n) is 2.19. The number of nitrogens with one attached hydrogen (secondary N) is 1.